The predicted molar refractivity (Wildman–Crippen MR) is 49.4 cm³/mol. The highest BCUT2D eigenvalue weighted by molar-refractivity contribution is 7.60. The molecule has 4 N–H and O–H groups in total. The molecule has 15 heavy (non-hydrogen) atoms. The van der Waals surface area contributed by atoms with Crippen LogP contribution in [0.2, 0.25) is 0 Å². The van der Waals surface area contributed by atoms with Gasteiger partial charge >= 0.3 is 15.6 Å². The van der Waals surface area contributed by atoms with Gasteiger partial charge < -0.3 is 19.4 Å². The van der Waals surface area contributed by atoms with Crippen molar-refractivity contribution < 1.29 is 37.8 Å². The van der Waals surface area contributed by atoms with Gasteiger partial charge in [-0.2, -0.15) is 4.31 Å². The Morgan fingerprint density at radius 2 is 1.87 bits per heavy atom. The van der Waals surface area contributed by atoms with Gasteiger partial charge in [-0.3, -0.25) is 4.89 Å². The minimum atomic E-state index is -5.08. The van der Waals surface area contributed by atoms with Gasteiger partial charge in [0, 0.05) is 12.5 Å². The van der Waals surface area contributed by atoms with Crippen LogP contribution < -0.4 is 0 Å². The summed E-state index contributed by atoms with van der Waals surface area (Å²) in [5.74, 6) is -0.319. The molecule has 0 spiro atoms. The van der Waals surface area contributed by atoms with E-state index in [0.717, 1.165) is 6.26 Å². The van der Waals surface area contributed by atoms with E-state index in [0.29, 0.717) is 0 Å². The zero-order valence-electron chi connectivity index (χ0n) is 7.76. The van der Waals surface area contributed by atoms with E-state index >= 15 is 0 Å². The van der Waals surface area contributed by atoms with Crippen LogP contribution in [0.4, 0.5) is 0 Å². The van der Waals surface area contributed by atoms with Crippen molar-refractivity contribution in [2.75, 3.05) is 6.61 Å². The smallest absolute Gasteiger partial charge is 0.412 e. The van der Waals surface area contributed by atoms with E-state index in [2.05, 4.69) is 8.83 Å². The Bertz CT molecular complexity index is 306. The summed E-state index contributed by atoms with van der Waals surface area (Å²) >= 11 is 0. The van der Waals surface area contributed by atoms with Crippen LogP contribution in [0, 0.1) is 5.92 Å². The second kappa shape index (κ2) is 5.77. The number of rotatable bonds is 6. The molecule has 0 radical (unpaired) electrons. The lowest BCUT2D eigenvalue weighted by Crippen LogP contribution is -1.95. The van der Waals surface area contributed by atoms with Crippen LogP contribution in [0.15, 0.2) is 12.3 Å². The Hall–Kier alpha value is -0.200. The zero-order chi connectivity index (χ0) is 12.1. The van der Waals surface area contributed by atoms with E-state index in [1.165, 1.54) is 6.08 Å². The normalized spacial score (nSPS) is 18.7. The minimum absolute atomic E-state index is 0.199. The molecular weight excluding hydrogens is 250 g/mol. The number of phosphoric acid groups is 2. The van der Waals surface area contributed by atoms with E-state index in [9.17, 15) is 9.13 Å². The van der Waals surface area contributed by atoms with E-state index in [4.69, 9.17) is 19.8 Å². The predicted octanol–water partition coefficient (Wildman–Crippen LogP) is 0.355. The summed E-state index contributed by atoms with van der Waals surface area (Å²) in [5.41, 5.74) is 0. The molecule has 2 atom stereocenters. The Morgan fingerprint density at radius 1 is 1.33 bits per heavy atom. The summed E-state index contributed by atoms with van der Waals surface area (Å²) in [6, 6.07) is 0. The summed E-state index contributed by atoms with van der Waals surface area (Å²) in [6.45, 7) is 1.39. The van der Waals surface area contributed by atoms with Gasteiger partial charge in [0.2, 0.25) is 0 Å². The van der Waals surface area contributed by atoms with Crippen LogP contribution in [0.5, 0.6) is 0 Å². The SMILES string of the molecule is CC(/C=C/OP(=O)(O)OP(=O)(O)O)CO. The van der Waals surface area contributed by atoms with Crippen molar-refractivity contribution in [3.8, 4) is 0 Å². The maximum Gasteiger partial charge on any atom is 0.535 e. The molecule has 0 amide bonds. The fourth-order valence-corrected chi connectivity index (χ4v) is 1.91. The molecule has 0 aromatic heterocycles. The largest absolute Gasteiger partial charge is 0.535 e. The third-order valence-corrected chi connectivity index (χ3v) is 3.16. The third kappa shape index (κ3) is 8.77. The van der Waals surface area contributed by atoms with Gasteiger partial charge in [0.15, 0.2) is 0 Å². The summed E-state index contributed by atoms with van der Waals surface area (Å²) in [4.78, 5) is 25.2. The number of aliphatic hydroxyl groups is 1. The molecule has 0 saturated carbocycles. The van der Waals surface area contributed by atoms with E-state index < -0.39 is 15.6 Å². The molecule has 10 heteroatoms. The lowest BCUT2D eigenvalue weighted by molar-refractivity contribution is 0.215. The fraction of sp³-hybridized carbons (Fsp3) is 0.600. The molecule has 0 aliphatic rings. The van der Waals surface area contributed by atoms with E-state index in [-0.39, 0.29) is 12.5 Å². The molecule has 0 aliphatic heterocycles. The Morgan fingerprint density at radius 3 is 2.27 bits per heavy atom. The van der Waals surface area contributed by atoms with Crippen LogP contribution in [0.25, 0.3) is 0 Å². The average molecular weight is 262 g/mol. The number of hydrogen-bond donors (Lipinski definition) is 4. The van der Waals surface area contributed by atoms with Gasteiger partial charge in [-0.05, 0) is 6.08 Å². The molecule has 8 nitrogen and oxygen atoms in total. The molecule has 0 fully saturated rings. The molecular formula is C5H12O8P2. The summed E-state index contributed by atoms with van der Waals surface area (Å²) in [6.07, 6.45) is 1.96. The van der Waals surface area contributed by atoms with Gasteiger partial charge in [-0.15, -0.1) is 0 Å². The quantitative estimate of drug-likeness (QED) is 0.398. The highest BCUT2D eigenvalue weighted by Crippen LogP contribution is 2.57. The first kappa shape index (κ1) is 14.8. The number of aliphatic hydroxyl groups excluding tert-OH is 1. The molecule has 0 aliphatic carbocycles. The molecule has 0 aromatic rings. The first-order chi connectivity index (χ1) is 6.66. The highest BCUT2D eigenvalue weighted by atomic mass is 31.3. The van der Waals surface area contributed by atoms with Crippen molar-refractivity contribution in [1.82, 2.24) is 0 Å². The van der Waals surface area contributed by atoms with Crippen LogP contribution in [0.1, 0.15) is 6.92 Å². The summed E-state index contributed by atoms with van der Waals surface area (Å²) in [5, 5.41) is 8.56. The molecule has 0 aromatic carbocycles. The second-order valence-corrected chi connectivity index (χ2v) is 5.42. The van der Waals surface area contributed by atoms with Crippen molar-refractivity contribution >= 4 is 15.6 Å². The maximum atomic E-state index is 10.8. The second-order valence-electron chi connectivity index (χ2n) is 2.63. The monoisotopic (exact) mass is 262 g/mol. The number of phosphoric ester groups is 1. The molecule has 0 rings (SSSR count). The van der Waals surface area contributed by atoms with Gasteiger partial charge in [-0.25, -0.2) is 9.13 Å². The lowest BCUT2D eigenvalue weighted by atomic mass is 10.2. The Kier molecular flexibility index (Phi) is 5.69. The first-order valence-corrected chi connectivity index (χ1v) is 6.74. The number of hydrogen-bond acceptors (Lipinski definition) is 5. The minimum Gasteiger partial charge on any atom is -0.412 e. The lowest BCUT2D eigenvalue weighted by Gasteiger charge is -2.10. The van der Waals surface area contributed by atoms with E-state index in [1.807, 2.05) is 0 Å². The maximum absolute atomic E-state index is 10.8. The van der Waals surface area contributed by atoms with E-state index in [1.54, 1.807) is 6.92 Å². The topological polar surface area (TPSA) is 134 Å². The van der Waals surface area contributed by atoms with Crippen molar-refractivity contribution in [3.05, 3.63) is 12.3 Å². The van der Waals surface area contributed by atoms with Crippen LogP contribution in [0.3, 0.4) is 0 Å². The fourth-order valence-electron chi connectivity index (χ4n) is 0.461. The Labute approximate surface area is 86.0 Å². The standard InChI is InChI=1S/C5H12O8P2/c1-5(4-6)2-3-12-15(10,11)13-14(7,8)9/h2-3,5-6H,4H2,1H3,(H,10,11)(H2,7,8,9)/b3-2+. The highest BCUT2D eigenvalue weighted by Gasteiger charge is 2.32. The van der Waals surface area contributed by atoms with Crippen molar-refractivity contribution in [3.63, 3.8) is 0 Å². The van der Waals surface area contributed by atoms with Crippen molar-refractivity contribution in [2.24, 2.45) is 5.92 Å². The van der Waals surface area contributed by atoms with Crippen molar-refractivity contribution in [1.29, 1.82) is 0 Å². The molecule has 0 saturated heterocycles. The third-order valence-electron chi connectivity index (χ3n) is 1.10. The molecule has 90 valence electrons. The van der Waals surface area contributed by atoms with Gasteiger partial charge in [0.1, 0.15) is 0 Å². The van der Waals surface area contributed by atoms with Gasteiger partial charge in [0.05, 0.1) is 6.26 Å². The molecule has 2 unspecified atom stereocenters. The average Bonchev–Trinajstić information content (AvgIpc) is 1.98. The van der Waals surface area contributed by atoms with Gasteiger partial charge in [0.25, 0.3) is 0 Å². The molecule has 0 heterocycles. The summed E-state index contributed by atoms with van der Waals surface area (Å²) < 4.78 is 28.6. The van der Waals surface area contributed by atoms with Crippen molar-refractivity contribution in [2.45, 2.75) is 6.92 Å². The Balaban J connectivity index is 4.22. The van der Waals surface area contributed by atoms with Gasteiger partial charge in [-0.1, -0.05) is 6.92 Å². The first-order valence-electron chi connectivity index (χ1n) is 3.72. The molecule has 0 bridgehead atoms. The van der Waals surface area contributed by atoms with Crippen LogP contribution >= 0.6 is 15.6 Å². The zero-order valence-corrected chi connectivity index (χ0v) is 9.54. The van der Waals surface area contributed by atoms with Crippen LogP contribution in [-0.2, 0) is 18.0 Å². The summed E-state index contributed by atoms with van der Waals surface area (Å²) in [7, 11) is -9.89. The van der Waals surface area contributed by atoms with Crippen LogP contribution in [-0.4, -0.2) is 26.4 Å².